The lowest BCUT2D eigenvalue weighted by atomic mass is 10.0. The fourth-order valence-electron chi connectivity index (χ4n) is 2.97. The average Bonchev–Trinajstić information content (AvgIpc) is 2.76. The summed E-state index contributed by atoms with van der Waals surface area (Å²) in [6.45, 7) is 1.51. The van der Waals surface area contributed by atoms with E-state index in [1.165, 1.54) is 17.7 Å². The Labute approximate surface area is 191 Å². The van der Waals surface area contributed by atoms with Crippen molar-refractivity contribution in [3.05, 3.63) is 68.7 Å². The van der Waals surface area contributed by atoms with Gasteiger partial charge in [0.05, 0.1) is 11.3 Å². The fourth-order valence-corrected chi connectivity index (χ4v) is 3.14. The van der Waals surface area contributed by atoms with Gasteiger partial charge in [-0.1, -0.05) is 55.6 Å². The highest BCUT2D eigenvalue weighted by molar-refractivity contribution is 6.31. The number of anilines is 1. The first-order chi connectivity index (χ1) is 15.3. The van der Waals surface area contributed by atoms with E-state index in [-0.39, 0.29) is 35.0 Å². The van der Waals surface area contributed by atoms with Crippen molar-refractivity contribution in [2.45, 2.75) is 45.4 Å². The van der Waals surface area contributed by atoms with Gasteiger partial charge < -0.3 is 10.1 Å². The van der Waals surface area contributed by atoms with Crippen LogP contribution in [0.2, 0.25) is 5.02 Å². The Morgan fingerprint density at radius 2 is 1.78 bits per heavy atom. The predicted molar refractivity (Wildman–Crippen MR) is 121 cm³/mol. The van der Waals surface area contributed by atoms with Crippen molar-refractivity contribution in [3.8, 4) is 0 Å². The Kier molecular flexibility index (Phi) is 9.81. The third-order valence-corrected chi connectivity index (χ3v) is 4.93. The van der Waals surface area contributed by atoms with E-state index in [4.69, 9.17) is 16.3 Å². The summed E-state index contributed by atoms with van der Waals surface area (Å²) < 4.78 is 4.86. The standard InChI is InChI=1S/C23H25ClN2O6/c1-2-3-4-5-16-6-8-17(9-7-16)21(27)12-13-23(29)32-15-22(28)25-19-14-18(24)10-11-20(19)26(30)31/h6-11,14H,2-5,12-13,15H2,1H3,(H,25,28). The Morgan fingerprint density at radius 3 is 2.44 bits per heavy atom. The van der Waals surface area contributed by atoms with Crippen molar-refractivity contribution in [2.24, 2.45) is 0 Å². The summed E-state index contributed by atoms with van der Waals surface area (Å²) in [5.74, 6) is -1.67. The molecule has 32 heavy (non-hydrogen) atoms. The summed E-state index contributed by atoms with van der Waals surface area (Å²) in [6, 6.07) is 11.1. The van der Waals surface area contributed by atoms with E-state index >= 15 is 0 Å². The molecule has 0 aromatic heterocycles. The number of carbonyl (C=O) groups excluding carboxylic acids is 3. The number of rotatable bonds is 12. The number of esters is 1. The zero-order valence-corrected chi connectivity index (χ0v) is 18.5. The van der Waals surface area contributed by atoms with Crippen LogP contribution in [0.1, 0.15) is 54.9 Å². The number of Topliss-reactive ketones (excluding diaryl/α,β-unsaturated/α-hetero) is 1. The lowest BCUT2D eigenvalue weighted by molar-refractivity contribution is -0.383. The average molecular weight is 461 g/mol. The summed E-state index contributed by atoms with van der Waals surface area (Å²) in [7, 11) is 0. The maximum atomic E-state index is 12.3. The number of carbonyl (C=O) groups is 3. The molecule has 1 N–H and O–H groups in total. The van der Waals surface area contributed by atoms with Crippen molar-refractivity contribution < 1.29 is 24.0 Å². The van der Waals surface area contributed by atoms with Crippen LogP contribution in [0.25, 0.3) is 0 Å². The van der Waals surface area contributed by atoms with Crippen LogP contribution >= 0.6 is 11.6 Å². The number of nitro groups is 1. The second-order valence-electron chi connectivity index (χ2n) is 7.20. The summed E-state index contributed by atoms with van der Waals surface area (Å²) >= 11 is 5.80. The molecule has 2 aromatic rings. The molecule has 2 rings (SSSR count). The maximum absolute atomic E-state index is 12.3. The highest BCUT2D eigenvalue weighted by Gasteiger charge is 2.17. The molecule has 0 aliphatic carbocycles. The summed E-state index contributed by atoms with van der Waals surface area (Å²) in [4.78, 5) is 46.5. The maximum Gasteiger partial charge on any atom is 0.306 e. The number of amides is 1. The van der Waals surface area contributed by atoms with Gasteiger partial charge in [0.1, 0.15) is 5.69 Å². The lowest BCUT2D eigenvalue weighted by Gasteiger charge is -2.08. The van der Waals surface area contributed by atoms with Crippen LogP contribution in [-0.2, 0) is 20.7 Å². The molecule has 8 nitrogen and oxygen atoms in total. The summed E-state index contributed by atoms with van der Waals surface area (Å²) in [5, 5.41) is 13.5. The molecule has 170 valence electrons. The van der Waals surface area contributed by atoms with Crippen LogP contribution in [-0.4, -0.2) is 29.2 Å². The van der Waals surface area contributed by atoms with E-state index in [0.717, 1.165) is 31.7 Å². The molecule has 0 saturated heterocycles. The van der Waals surface area contributed by atoms with Gasteiger partial charge in [-0.2, -0.15) is 0 Å². The Hall–Kier alpha value is -3.26. The van der Waals surface area contributed by atoms with Crippen molar-refractivity contribution in [1.82, 2.24) is 0 Å². The molecule has 0 fully saturated rings. The van der Waals surface area contributed by atoms with Gasteiger partial charge >= 0.3 is 5.97 Å². The minimum Gasteiger partial charge on any atom is -0.456 e. The third-order valence-electron chi connectivity index (χ3n) is 4.69. The van der Waals surface area contributed by atoms with E-state index in [0.29, 0.717) is 5.56 Å². The Bertz CT molecular complexity index is 975. The van der Waals surface area contributed by atoms with Crippen molar-refractivity contribution in [2.75, 3.05) is 11.9 Å². The van der Waals surface area contributed by atoms with E-state index in [2.05, 4.69) is 12.2 Å². The number of nitro benzene ring substituents is 1. The Morgan fingerprint density at radius 1 is 1.06 bits per heavy atom. The van der Waals surface area contributed by atoms with Crippen molar-refractivity contribution >= 4 is 40.6 Å². The zero-order valence-electron chi connectivity index (χ0n) is 17.8. The van der Waals surface area contributed by atoms with Gasteiger partial charge in [-0.3, -0.25) is 24.5 Å². The van der Waals surface area contributed by atoms with E-state index in [1.54, 1.807) is 12.1 Å². The van der Waals surface area contributed by atoms with Crippen LogP contribution in [0.4, 0.5) is 11.4 Å². The molecule has 0 spiro atoms. The number of ketones is 1. The minimum atomic E-state index is -0.756. The lowest BCUT2D eigenvalue weighted by Crippen LogP contribution is -2.21. The summed E-state index contributed by atoms with van der Waals surface area (Å²) in [6.07, 6.45) is 4.16. The molecule has 0 heterocycles. The molecule has 9 heteroatoms. The highest BCUT2D eigenvalue weighted by Crippen LogP contribution is 2.27. The van der Waals surface area contributed by atoms with Gasteiger partial charge in [-0.25, -0.2) is 0 Å². The predicted octanol–water partition coefficient (Wildman–Crippen LogP) is 5.13. The molecule has 0 unspecified atom stereocenters. The second-order valence-corrected chi connectivity index (χ2v) is 7.64. The minimum absolute atomic E-state index is 0.0462. The zero-order chi connectivity index (χ0) is 23.5. The number of hydrogen-bond donors (Lipinski definition) is 1. The molecule has 0 bridgehead atoms. The first kappa shape index (κ1) is 25.0. The molecular formula is C23H25ClN2O6. The smallest absolute Gasteiger partial charge is 0.306 e. The van der Waals surface area contributed by atoms with Gasteiger partial charge in [-0.05, 0) is 30.5 Å². The fraction of sp³-hybridized carbons (Fsp3) is 0.348. The van der Waals surface area contributed by atoms with Crippen LogP contribution in [0.5, 0.6) is 0 Å². The number of aryl methyl sites for hydroxylation is 1. The molecule has 0 aliphatic heterocycles. The first-order valence-corrected chi connectivity index (χ1v) is 10.7. The highest BCUT2D eigenvalue weighted by atomic mass is 35.5. The van der Waals surface area contributed by atoms with Gasteiger partial charge in [0.15, 0.2) is 12.4 Å². The number of unbranched alkanes of at least 4 members (excludes halogenated alkanes) is 2. The molecule has 0 aliphatic rings. The van der Waals surface area contributed by atoms with Gasteiger partial charge in [0.25, 0.3) is 11.6 Å². The second kappa shape index (κ2) is 12.6. The number of hydrogen-bond acceptors (Lipinski definition) is 6. The van der Waals surface area contributed by atoms with Crippen LogP contribution in [0.15, 0.2) is 42.5 Å². The van der Waals surface area contributed by atoms with E-state index in [9.17, 15) is 24.5 Å². The molecule has 0 atom stereocenters. The van der Waals surface area contributed by atoms with E-state index < -0.39 is 23.4 Å². The van der Waals surface area contributed by atoms with Gasteiger partial charge in [0.2, 0.25) is 0 Å². The number of benzene rings is 2. The van der Waals surface area contributed by atoms with Crippen molar-refractivity contribution in [3.63, 3.8) is 0 Å². The monoisotopic (exact) mass is 460 g/mol. The number of ether oxygens (including phenoxy) is 1. The normalized spacial score (nSPS) is 10.4. The Balaban J connectivity index is 1.77. The van der Waals surface area contributed by atoms with Crippen molar-refractivity contribution in [1.29, 1.82) is 0 Å². The molecule has 1 amide bonds. The molecule has 0 radical (unpaired) electrons. The SMILES string of the molecule is CCCCCc1ccc(C(=O)CCC(=O)OCC(=O)Nc2cc(Cl)ccc2[N+](=O)[O-])cc1. The molecule has 0 saturated carbocycles. The molecule has 2 aromatic carbocycles. The largest absolute Gasteiger partial charge is 0.456 e. The number of nitrogens with zero attached hydrogens (tertiary/aromatic N) is 1. The van der Waals surface area contributed by atoms with Crippen LogP contribution in [0, 0.1) is 10.1 Å². The quantitative estimate of drug-likeness (QED) is 0.154. The third kappa shape index (κ3) is 8.11. The van der Waals surface area contributed by atoms with Crippen LogP contribution in [0.3, 0.4) is 0 Å². The number of nitrogens with one attached hydrogen (secondary N) is 1. The first-order valence-electron chi connectivity index (χ1n) is 10.3. The van der Waals surface area contributed by atoms with E-state index in [1.807, 2.05) is 12.1 Å². The topological polar surface area (TPSA) is 116 Å². The van der Waals surface area contributed by atoms with Gasteiger partial charge in [-0.15, -0.1) is 0 Å². The molecular weight excluding hydrogens is 436 g/mol. The summed E-state index contributed by atoms with van der Waals surface area (Å²) in [5.41, 5.74) is 1.25. The van der Waals surface area contributed by atoms with Gasteiger partial charge in [0, 0.05) is 23.1 Å². The van der Waals surface area contributed by atoms with Crippen LogP contribution < -0.4 is 5.32 Å². The number of halogens is 1.